The van der Waals surface area contributed by atoms with Crippen molar-refractivity contribution in [2.24, 2.45) is 4.99 Å². The molecule has 2 heterocycles. The Morgan fingerprint density at radius 3 is 2.24 bits per heavy atom. The molecule has 4 heteroatoms. The number of pyridine rings is 1. The van der Waals surface area contributed by atoms with Crippen molar-refractivity contribution in [2.45, 2.75) is 25.4 Å². The van der Waals surface area contributed by atoms with Gasteiger partial charge in [-0.15, -0.1) is 0 Å². The zero-order chi connectivity index (χ0) is 22.8. The lowest BCUT2D eigenvalue weighted by molar-refractivity contribution is 0.402. The summed E-state index contributed by atoms with van der Waals surface area (Å²) < 4.78 is 0. The Morgan fingerprint density at radius 1 is 0.879 bits per heavy atom. The van der Waals surface area contributed by atoms with Crippen molar-refractivity contribution in [1.29, 1.82) is 0 Å². The maximum atomic E-state index is 5.14. The minimum Gasteiger partial charge on any atom is -0.358 e. The molecule has 166 valence electrons. The van der Waals surface area contributed by atoms with Crippen LogP contribution in [-0.4, -0.2) is 36.4 Å². The minimum atomic E-state index is -0.191. The van der Waals surface area contributed by atoms with Gasteiger partial charge in [0, 0.05) is 28.6 Å². The SMILES string of the molecule is CCC1(c2ccccc2)CN=C(c2c(CN(C)C)c(-c3ccccc3)nc3ccccc23)N1. The molecule has 4 nitrogen and oxygen atoms in total. The molecule has 1 aliphatic heterocycles. The van der Waals surface area contributed by atoms with Gasteiger partial charge in [0.25, 0.3) is 0 Å². The van der Waals surface area contributed by atoms with E-state index in [1.54, 1.807) is 0 Å². The fourth-order valence-corrected chi connectivity index (χ4v) is 4.81. The quantitative estimate of drug-likeness (QED) is 0.428. The topological polar surface area (TPSA) is 40.5 Å². The first-order chi connectivity index (χ1) is 16.1. The monoisotopic (exact) mass is 434 g/mol. The number of para-hydroxylation sites is 1. The fraction of sp³-hybridized carbons (Fsp3) is 0.241. The van der Waals surface area contributed by atoms with Crippen LogP contribution in [0.2, 0.25) is 0 Å². The minimum absolute atomic E-state index is 0.191. The summed E-state index contributed by atoms with van der Waals surface area (Å²) in [4.78, 5) is 12.5. The molecule has 0 saturated carbocycles. The van der Waals surface area contributed by atoms with E-state index in [1.807, 2.05) is 0 Å². The maximum Gasteiger partial charge on any atom is 0.130 e. The second-order valence-corrected chi connectivity index (χ2v) is 9.03. The highest BCUT2D eigenvalue weighted by Crippen LogP contribution is 2.35. The number of nitrogens with one attached hydrogen (secondary N) is 1. The van der Waals surface area contributed by atoms with Gasteiger partial charge in [-0.2, -0.15) is 0 Å². The number of fused-ring (bicyclic) bond motifs is 1. The number of hydrogen-bond acceptors (Lipinski definition) is 4. The number of rotatable bonds is 6. The van der Waals surface area contributed by atoms with Crippen molar-refractivity contribution in [1.82, 2.24) is 15.2 Å². The molecule has 1 atom stereocenters. The van der Waals surface area contributed by atoms with Crippen molar-refractivity contribution in [3.63, 3.8) is 0 Å². The van der Waals surface area contributed by atoms with E-state index in [-0.39, 0.29) is 5.54 Å². The molecule has 0 bridgehead atoms. The summed E-state index contributed by atoms with van der Waals surface area (Å²) in [5.41, 5.74) is 6.61. The van der Waals surface area contributed by atoms with Crippen molar-refractivity contribution in [3.05, 3.63) is 102 Å². The number of aliphatic imine (C=N–C) groups is 1. The van der Waals surface area contributed by atoms with Crippen molar-refractivity contribution >= 4 is 16.7 Å². The Kier molecular flexibility index (Phi) is 5.69. The predicted octanol–water partition coefficient (Wildman–Crippen LogP) is 5.62. The van der Waals surface area contributed by atoms with E-state index in [4.69, 9.17) is 9.98 Å². The second-order valence-electron chi connectivity index (χ2n) is 9.03. The Labute approximate surface area is 196 Å². The van der Waals surface area contributed by atoms with Crippen LogP contribution in [0.15, 0.2) is 89.9 Å². The Hall–Kier alpha value is -3.50. The molecule has 4 aromatic rings. The summed E-state index contributed by atoms with van der Waals surface area (Å²) in [6, 6.07) is 29.6. The van der Waals surface area contributed by atoms with Gasteiger partial charge in [-0.25, -0.2) is 4.98 Å². The molecule has 0 fully saturated rings. The number of hydrogen-bond donors (Lipinski definition) is 1. The summed E-state index contributed by atoms with van der Waals surface area (Å²) in [7, 11) is 4.22. The zero-order valence-corrected chi connectivity index (χ0v) is 19.5. The lowest BCUT2D eigenvalue weighted by Crippen LogP contribution is -2.43. The molecule has 33 heavy (non-hydrogen) atoms. The van der Waals surface area contributed by atoms with E-state index in [0.717, 1.165) is 47.5 Å². The van der Waals surface area contributed by atoms with Crippen LogP contribution >= 0.6 is 0 Å². The van der Waals surface area contributed by atoms with Gasteiger partial charge >= 0.3 is 0 Å². The molecule has 1 unspecified atom stereocenters. The molecular formula is C29H30N4. The zero-order valence-electron chi connectivity index (χ0n) is 19.5. The molecule has 0 saturated heterocycles. The average molecular weight is 435 g/mol. The predicted molar refractivity (Wildman–Crippen MR) is 138 cm³/mol. The highest BCUT2D eigenvalue weighted by Gasteiger charge is 2.37. The molecule has 1 aliphatic rings. The third kappa shape index (κ3) is 3.91. The van der Waals surface area contributed by atoms with E-state index in [2.05, 4.69) is 116 Å². The fourth-order valence-electron chi connectivity index (χ4n) is 4.81. The standard InChI is InChI=1S/C29H30N4/c1-4-29(22-15-9-6-10-16-22)20-30-28(32-29)26-23-17-11-12-18-25(23)31-27(24(26)19-33(2)3)21-13-7-5-8-14-21/h5-18H,4,19-20H2,1-3H3,(H,30,32). The molecule has 1 aromatic heterocycles. The van der Waals surface area contributed by atoms with Crippen molar-refractivity contribution < 1.29 is 0 Å². The summed E-state index contributed by atoms with van der Waals surface area (Å²) >= 11 is 0. The van der Waals surface area contributed by atoms with Gasteiger partial charge in [-0.3, -0.25) is 4.99 Å². The van der Waals surface area contributed by atoms with Gasteiger partial charge in [-0.05, 0) is 32.1 Å². The molecule has 1 N–H and O–H groups in total. The smallest absolute Gasteiger partial charge is 0.130 e. The van der Waals surface area contributed by atoms with E-state index < -0.39 is 0 Å². The summed E-state index contributed by atoms with van der Waals surface area (Å²) in [5.74, 6) is 0.966. The number of nitrogens with zero attached hydrogens (tertiary/aromatic N) is 3. The van der Waals surface area contributed by atoms with E-state index in [1.165, 1.54) is 16.7 Å². The highest BCUT2D eigenvalue weighted by atomic mass is 15.2. The van der Waals surface area contributed by atoms with E-state index >= 15 is 0 Å². The van der Waals surface area contributed by atoms with Gasteiger partial charge in [-0.1, -0.05) is 85.8 Å². The van der Waals surface area contributed by atoms with Crippen LogP contribution in [0.4, 0.5) is 0 Å². The van der Waals surface area contributed by atoms with Crippen LogP contribution in [0.5, 0.6) is 0 Å². The van der Waals surface area contributed by atoms with Crippen LogP contribution in [0.1, 0.15) is 30.0 Å². The van der Waals surface area contributed by atoms with E-state index in [0.29, 0.717) is 0 Å². The van der Waals surface area contributed by atoms with Crippen molar-refractivity contribution in [3.8, 4) is 11.3 Å². The summed E-state index contributed by atoms with van der Waals surface area (Å²) in [6.07, 6.45) is 0.960. The molecule has 0 aliphatic carbocycles. The third-order valence-electron chi connectivity index (χ3n) is 6.55. The first-order valence-electron chi connectivity index (χ1n) is 11.6. The summed E-state index contributed by atoms with van der Waals surface area (Å²) in [6.45, 7) is 3.74. The van der Waals surface area contributed by atoms with Gasteiger partial charge in [0.05, 0.1) is 23.3 Å². The molecule has 0 amide bonds. The van der Waals surface area contributed by atoms with Crippen LogP contribution in [0, 0.1) is 0 Å². The van der Waals surface area contributed by atoms with Gasteiger partial charge < -0.3 is 10.2 Å². The van der Waals surface area contributed by atoms with Gasteiger partial charge in [0.15, 0.2) is 0 Å². The number of amidine groups is 1. The van der Waals surface area contributed by atoms with Gasteiger partial charge in [0.2, 0.25) is 0 Å². The molecule has 3 aromatic carbocycles. The second kappa shape index (κ2) is 8.80. The van der Waals surface area contributed by atoms with Crippen LogP contribution in [-0.2, 0) is 12.1 Å². The van der Waals surface area contributed by atoms with Crippen LogP contribution in [0.3, 0.4) is 0 Å². The first-order valence-corrected chi connectivity index (χ1v) is 11.6. The Morgan fingerprint density at radius 2 is 1.55 bits per heavy atom. The largest absolute Gasteiger partial charge is 0.358 e. The Bertz CT molecular complexity index is 1300. The molecular weight excluding hydrogens is 404 g/mol. The normalized spacial score (nSPS) is 17.9. The first kappa shape index (κ1) is 21.4. The molecule has 5 rings (SSSR count). The van der Waals surface area contributed by atoms with Crippen molar-refractivity contribution in [2.75, 3.05) is 20.6 Å². The third-order valence-corrected chi connectivity index (χ3v) is 6.55. The highest BCUT2D eigenvalue weighted by molar-refractivity contribution is 6.12. The molecule has 0 radical (unpaired) electrons. The Balaban J connectivity index is 1.72. The van der Waals surface area contributed by atoms with Crippen LogP contribution in [0.25, 0.3) is 22.2 Å². The lowest BCUT2D eigenvalue weighted by atomic mass is 9.87. The maximum absolute atomic E-state index is 5.14. The van der Waals surface area contributed by atoms with E-state index in [9.17, 15) is 0 Å². The number of aromatic nitrogens is 1. The lowest BCUT2D eigenvalue weighted by Gasteiger charge is -2.30. The molecule has 0 spiro atoms. The number of benzene rings is 3. The van der Waals surface area contributed by atoms with Gasteiger partial charge in [0.1, 0.15) is 5.84 Å². The summed E-state index contributed by atoms with van der Waals surface area (Å²) in [5, 5.41) is 5.01. The average Bonchev–Trinajstić information content (AvgIpc) is 3.30. The van der Waals surface area contributed by atoms with Crippen LogP contribution < -0.4 is 5.32 Å².